The van der Waals surface area contributed by atoms with Gasteiger partial charge >= 0.3 is 5.97 Å². The molecule has 0 unspecified atom stereocenters. The van der Waals surface area contributed by atoms with Gasteiger partial charge in [-0.15, -0.1) is 0 Å². The summed E-state index contributed by atoms with van der Waals surface area (Å²) in [6.07, 6.45) is 0. The topological polar surface area (TPSA) is 89.7 Å². The predicted octanol–water partition coefficient (Wildman–Crippen LogP) is 0.680. The summed E-state index contributed by atoms with van der Waals surface area (Å²) in [6.45, 7) is 2.82. The van der Waals surface area contributed by atoms with E-state index in [2.05, 4.69) is 0 Å². The molecule has 0 aliphatic carbocycles. The largest absolute Gasteiger partial charge is 0.462 e. The van der Waals surface area contributed by atoms with Crippen molar-refractivity contribution >= 4 is 27.2 Å². The van der Waals surface area contributed by atoms with Crippen molar-refractivity contribution in [1.82, 2.24) is 0 Å². The number of hydrogen-bond donors (Lipinski definition) is 1. The third kappa shape index (κ3) is 3.22. The monoisotopic (exact) mass is 298 g/mol. The third-order valence-electron chi connectivity index (χ3n) is 3.23. The average Bonchev–Trinajstić information content (AvgIpc) is 2.40. The van der Waals surface area contributed by atoms with E-state index in [-0.39, 0.29) is 11.5 Å². The number of esters is 1. The number of rotatable bonds is 3. The van der Waals surface area contributed by atoms with Crippen LogP contribution in [0.2, 0.25) is 0 Å². The molecule has 1 heterocycles. The summed E-state index contributed by atoms with van der Waals surface area (Å²) in [5.41, 5.74) is 7.55. The molecule has 1 aliphatic heterocycles. The molecule has 0 saturated carbocycles. The SMILES string of the molecule is CCOC(=O)c1ccc(N)c(N2CCS(=O)(=O)CC2)c1. The molecular formula is C13H18N2O4S. The number of carbonyl (C=O) groups is 1. The van der Waals surface area contributed by atoms with Crippen molar-refractivity contribution in [2.75, 3.05) is 41.8 Å². The number of anilines is 2. The summed E-state index contributed by atoms with van der Waals surface area (Å²) < 4.78 is 27.8. The molecule has 1 aromatic carbocycles. The number of nitrogens with zero attached hydrogens (tertiary/aromatic N) is 1. The molecule has 0 spiro atoms. The van der Waals surface area contributed by atoms with Crippen LogP contribution in [-0.4, -0.2) is 45.6 Å². The van der Waals surface area contributed by atoms with Crippen LogP contribution >= 0.6 is 0 Å². The lowest BCUT2D eigenvalue weighted by molar-refractivity contribution is 0.0526. The molecule has 110 valence electrons. The van der Waals surface area contributed by atoms with Gasteiger partial charge in [-0.2, -0.15) is 0 Å². The van der Waals surface area contributed by atoms with Crippen LogP contribution in [0.1, 0.15) is 17.3 Å². The number of carbonyl (C=O) groups excluding carboxylic acids is 1. The standard InChI is InChI=1S/C13H18N2O4S/c1-2-19-13(16)10-3-4-11(14)12(9-10)15-5-7-20(17,18)8-6-15/h3-4,9H,2,5-8,14H2,1H3. The first-order valence-corrected chi connectivity index (χ1v) is 8.27. The Bertz CT molecular complexity index is 599. The van der Waals surface area contributed by atoms with Crippen LogP contribution in [0.15, 0.2) is 18.2 Å². The molecule has 0 atom stereocenters. The number of ether oxygens (including phenoxy) is 1. The first kappa shape index (κ1) is 14.6. The van der Waals surface area contributed by atoms with E-state index < -0.39 is 15.8 Å². The third-order valence-corrected chi connectivity index (χ3v) is 4.84. The number of nitrogens with two attached hydrogens (primary N) is 1. The number of sulfone groups is 1. The Morgan fingerprint density at radius 2 is 2.00 bits per heavy atom. The second kappa shape index (κ2) is 5.70. The first-order valence-electron chi connectivity index (χ1n) is 6.45. The highest BCUT2D eigenvalue weighted by molar-refractivity contribution is 7.91. The van der Waals surface area contributed by atoms with Crippen molar-refractivity contribution in [3.05, 3.63) is 23.8 Å². The minimum absolute atomic E-state index is 0.107. The number of hydrogen-bond acceptors (Lipinski definition) is 6. The van der Waals surface area contributed by atoms with Crippen molar-refractivity contribution in [1.29, 1.82) is 0 Å². The van der Waals surface area contributed by atoms with Gasteiger partial charge in [0.1, 0.15) is 0 Å². The summed E-state index contributed by atoms with van der Waals surface area (Å²) in [6, 6.07) is 4.91. The van der Waals surface area contributed by atoms with E-state index >= 15 is 0 Å². The summed E-state index contributed by atoms with van der Waals surface area (Å²) in [7, 11) is -2.95. The molecule has 1 fully saturated rings. The Balaban J connectivity index is 2.23. The highest BCUT2D eigenvalue weighted by atomic mass is 32.2. The maximum atomic E-state index is 11.7. The van der Waals surface area contributed by atoms with Gasteiger partial charge in [-0.05, 0) is 25.1 Å². The minimum atomic E-state index is -2.95. The highest BCUT2D eigenvalue weighted by Gasteiger charge is 2.23. The van der Waals surface area contributed by atoms with Crippen molar-refractivity contribution in [2.45, 2.75) is 6.92 Å². The van der Waals surface area contributed by atoms with Crippen LogP contribution in [0.5, 0.6) is 0 Å². The van der Waals surface area contributed by atoms with Crippen molar-refractivity contribution in [3.8, 4) is 0 Å². The smallest absolute Gasteiger partial charge is 0.338 e. The lowest BCUT2D eigenvalue weighted by atomic mass is 10.1. The Hall–Kier alpha value is -1.76. The summed E-state index contributed by atoms with van der Waals surface area (Å²) >= 11 is 0. The minimum Gasteiger partial charge on any atom is -0.462 e. The normalized spacial score (nSPS) is 17.8. The van der Waals surface area contributed by atoms with E-state index in [1.54, 1.807) is 25.1 Å². The van der Waals surface area contributed by atoms with E-state index in [9.17, 15) is 13.2 Å². The van der Waals surface area contributed by atoms with Gasteiger partial charge in [0.25, 0.3) is 0 Å². The zero-order valence-corrected chi connectivity index (χ0v) is 12.1. The van der Waals surface area contributed by atoms with Crippen LogP contribution in [0, 0.1) is 0 Å². The lowest BCUT2D eigenvalue weighted by Crippen LogP contribution is -2.40. The van der Waals surface area contributed by atoms with Gasteiger partial charge < -0.3 is 15.4 Å². The van der Waals surface area contributed by atoms with E-state index in [4.69, 9.17) is 10.5 Å². The van der Waals surface area contributed by atoms with Gasteiger partial charge in [0.05, 0.1) is 35.1 Å². The van der Waals surface area contributed by atoms with Crippen molar-refractivity contribution in [3.63, 3.8) is 0 Å². The predicted molar refractivity (Wildman–Crippen MR) is 77.7 cm³/mol. The Morgan fingerprint density at radius 3 is 2.60 bits per heavy atom. The van der Waals surface area contributed by atoms with Gasteiger partial charge in [-0.3, -0.25) is 0 Å². The quantitative estimate of drug-likeness (QED) is 0.652. The number of benzene rings is 1. The molecule has 2 rings (SSSR count). The Morgan fingerprint density at radius 1 is 1.35 bits per heavy atom. The molecule has 7 heteroatoms. The maximum Gasteiger partial charge on any atom is 0.338 e. The van der Waals surface area contributed by atoms with Gasteiger partial charge in [-0.25, -0.2) is 13.2 Å². The van der Waals surface area contributed by atoms with Crippen LogP contribution < -0.4 is 10.6 Å². The van der Waals surface area contributed by atoms with E-state index in [0.29, 0.717) is 36.6 Å². The molecule has 0 amide bonds. The average molecular weight is 298 g/mol. The van der Waals surface area contributed by atoms with Gasteiger partial charge in [0.2, 0.25) is 0 Å². The fraction of sp³-hybridized carbons (Fsp3) is 0.462. The van der Waals surface area contributed by atoms with Gasteiger partial charge in [0.15, 0.2) is 9.84 Å². The van der Waals surface area contributed by atoms with Gasteiger partial charge in [0, 0.05) is 13.1 Å². The highest BCUT2D eigenvalue weighted by Crippen LogP contribution is 2.26. The molecular weight excluding hydrogens is 280 g/mol. The van der Waals surface area contributed by atoms with E-state index in [1.807, 2.05) is 4.90 Å². The summed E-state index contributed by atoms with van der Waals surface area (Å²) in [5.74, 6) is -0.190. The molecule has 1 saturated heterocycles. The summed E-state index contributed by atoms with van der Waals surface area (Å²) in [5, 5.41) is 0. The molecule has 6 nitrogen and oxygen atoms in total. The number of nitrogen functional groups attached to an aromatic ring is 1. The van der Waals surface area contributed by atoms with E-state index in [0.717, 1.165) is 0 Å². The Labute approximate surface area is 118 Å². The Kier molecular flexibility index (Phi) is 4.17. The van der Waals surface area contributed by atoms with Crippen LogP contribution in [0.25, 0.3) is 0 Å². The molecule has 0 bridgehead atoms. The second-order valence-electron chi connectivity index (χ2n) is 4.63. The van der Waals surface area contributed by atoms with Crippen molar-refractivity contribution in [2.24, 2.45) is 0 Å². The summed E-state index contributed by atoms with van der Waals surface area (Å²) in [4.78, 5) is 13.6. The first-order chi connectivity index (χ1) is 9.43. The molecule has 2 N–H and O–H groups in total. The zero-order chi connectivity index (χ0) is 14.8. The van der Waals surface area contributed by atoms with Crippen LogP contribution in [-0.2, 0) is 14.6 Å². The molecule has 1 aromatic rings. The molecule has 20 heavy (non-hydrogen) atoms. The fourth-order valence-electron chi connectivity index (χ4n) is 2.11. The van der Waals surface area contributed by atoms with Crippen LogP contribution in [0.3, 0.4) is 0 Å². The zero-order valence-electron chi connectivity index (χ0n) is 11.3. The lowest BCUT2D eigenvalue weighted by Gasteiger charge is -2.30. The molecule has 0 aromatic heterocycles. The van der Waals surface area contributed by atoms with Crippen LogP contribution in [0.4, 0.5) is 11.4 Å². The molecule has 0 radical (unpaired) electrons. The second-order valence-corrected chi connectivity index (χ2v) is 6.94. The molecule has 1 aliphatic rings. The van der Waals surface area contributed by atoms with Gasteiger partial charge in [-0.1, -0.05) is 0 Å². The van der Waals surface area contributed by atoms with E-state index in [1.165, 1.54) is 0 Å². The fourth-order valence-corrected chi connectivity index (χ4v) is 3.31. The maximum absolute atomic E-state index is 11.7. The van der Waals surface area contributed by atoms with Crippen molar-refractivity contribution < 1.29 is 17.9 Å².